The van der Waals surface area contributed by atoms with E-state index in [0.717, 1.165) is 17.5 Å². The predicted molar refractivity (Wildman–Crippen MR) is 83.7 cm³/mol. The van der Waals surface area contributed by atoms with Crippen molar-refractivity contribution in [2.45, 2.75) is 64.1 Å². The molecule has 1 aromatic carbocycles. The summed E-state index contributed by atoms with van der Waals surface area (Å²) >= 11 is 0. The first-order valence-electron chi connectivity index (χ1n) is 8.39. The van der Waals surface area contributed by atoms with Crippen LogP contribution in [-0.4, -0.2) is 23.4 Å². The van der Waals surface area contributed by atoms with Gasteiger partial charge in [0.2, 0.25) is 0 Å². The van der Waals surface area contributed by atoms with Crippen molar-refractivity contribution in [3.8, 4) is 5.75 Å². The number of phenols is 1. The van der Waals surface area contributed by atoms with Crippen molar-refractivity contribution in [3.63, 3.8) is 0 Å². The normalized spacial score (nSPS) is 18.8. The molecule has 1 aromatic rings. The number of rotatable bonds is 6. The van der Waals surface area contributed by atoms with Gasteiger partial charge >= 0.3 is 12.1 Å². The van der Waals surface area contributed by atoms with Gasteiger partial charge in [-0.05, 0) is 55.4 Å². The van der Waals surface area contributed by atoms with Crippen LogP contribution in [-0.2, 0) is 22.4 Å². The molecule has 24 heavy (non-hydrogen) atoms. The molecule has 0 fully saturated rings. The minimum atomic E-state index is -4.53. The van der Waals surface area contributed by atoms with Crippen LogP contribution in [0.25, 0.3) is 0 Å². The van der Waals surface area contributed by atoms with Crippen molar-refractivity contribution in [2.24, 2.45) is 5.92 Å². The van der Waals surface area contributed by atoms with Gasteiger partial charge in [0, 0.05) is 0 Å². The third-order valence-electron chi connectivity index (χ3n) is 4.44. The summed E-state index contributed by atoms with van der Waals surface area (Å²) in [5, 5.41) is 9.46. The lowest BCUT2D eigenvalue weighted by Crippen LogP contribution is -2.37. The van der Waals surface area contributed by atoms with Crippen LogP contribution in [0.5, 0.6) is 5.75 Å². The molecular formula is C18H23F3O3. The molecule has 1 unspecified atom stereocenters. The van der Waals surface area contributed by atoms with Crippen LogP contribution in [0, 0.1) is 5.92 Å². The van der Waals surface area contributed by atoms with Gasteiger partial charge in [-0.3, -0.25) is 4.79 Å². The molecule has 1 aliphatic carbocycles. The first kappa shape index (κ1) is 18.6. The number of esters is 1. The Bertz CT molecular complexity index is 569. The zero-order valence-corrected chi connectivity index (χ0v) is 13.7. The molecule has 0 spiro atoms. The molecule has 2 atom stereocenters. The van der Waals surface area contributed by atoms with E-state index in [2.05, 4.69) is 0 Å². The number of hydrogen-bond donors (Lipinski definition) is 1. The van der Waals surface area contributed by atoms with E-state index >= 15 is 0 Å². The average Bonchev–Trinajstić information content (AvgIpc) is 2.52. The number of ether oxygens (including phenoxy) is 1. The lowest BCUT2D eigenvalue weighted by atomic mass is 9.84. The molecule has 3 nitrogen and oxygen atoms in total. The smallest absolute Gasteiger partial charge is 0.425 e. The molecule has 0 amide bonds. The largest absolute Gasteiger partial charge is 0.508 e. The van der Waals surface area contributed by atoms with Gasteiger partial charge in [0.25, 0.3) is 0 Å². The summed E-state index contributed by atoms with van der Waals surface area (Å²) in [6, 6.07) is 4.88. The van der Waals surface area contributed by atoms with Crippen LogP contribution >= 0.6 is 0 Å². The molecule has 2 rings (SSSR count). The topological polar surface area (TPSA) is 46.5 Å². The highest BCUT2D eigenvalue weighted by Crippen LogP contribution is 2.32. The molecule has 1 N–H and O–H groups in total. The number of halogens is 3. The fourth-order valence-electron chi connectivity index (χ4n) is 3.05. The maximum Gasteiger partial charge on any atom is 0.425 e. The van der Waals surface area contributed by atoms with Crippen LogP contribution in [0.4, 0.5) is 13.2 Å². The first-order valence-corrected chi connectivity index (χ1v) is 8.39. The summed E-state index contributed by atoms with van der Waals surface area (Å²) < 4.78 is 44.0. The van der Waals surface area contributed by atoms with E-state index < -0.39 is 24.2 Å². The summed E-state index contributed by atoms with van der Waals surface area (Å²) in [5.74, 6) is -1.17. The Morgan fingerprint density at radius 1 is 1.33 bits per heavy atom. The highest BCUT2D eigenvalue weighted by Gasteiger charge is 2.43. The number of aryl methyl sites for hydroxylation is 1. The molecule has 6 heteroatoms. The van der Waals surface area contributed by atoms with Crippen molar-refractivity contribution in [2.75, 3.05) is 0 Å². The van der Waals surface area contributed by atoms with Gasteiger partial charge in [-0.2, -0.15) is 13.2 Å². The quantitative estimate of drug-likeness (QED) is 0.608. The monoisotopic (exact) mass is 344 g/mol. The second-order valence-electron chi connectivity index (χ2n) is 6.36. The van der Waals surface area contributed by atoms with Gasteiger partial charge in [-0.25, -0.2) is 0 Å². The number of carbonyl (C=O) groups excluding carboxylic acids is 1. The average molecular weight is 344 g/mol. The zero-order chi connectivity index (χ0) is 17.7. The Balaban J connectivity index is 1.98. The SMILES string of the molecule is CCCCC[C@@H](OC(=O)C1CCc2cc(O)ccc2C1)C(F)(F)F. The molecule has 134 valence electrons. The van der Waals surface area contributed by atoms with Gasteiger partial charge in [0.15, 0.2) is 6.10 Å². The molecule has 0 aromatic heterocycles. The van der Waals surface area contributed by atoms with Crippen molar-refractivity contribution in [3.05, 3.63) is 29.3 Å². The fourth-order valence-corrected chi connectivity index (χ4v) is 3.05. The van der Waals surface area contributed by atoms with E-state index in [1.165, 1.54) is 6.07 Å². The number of benzene rings is 1. The Morgan fingerprint density at radius 3 is 2.75 bits per heavy atom. The van der Waals surface area contributed by atoms with Crippen LogP contribution in [0.1, 0.15) is 50.2 Å². The molecule has 0 saturated carbocycles. The number of fused-ring (bicyclic) bond motifs is 1. The number of carbonyl (C=O) groups is 1. The summed E-state index contributed by atoms with van der Waals surface area (Å²) in [4.78, 5) is 12.2. The summed E-state index contributed by atoms with van der Waals surface area (Å²) in [7, 11) is 0. The van der Waals surface area contributed by atoms with E-state index in [0.29, 0.717) is 32.1 Å². The van der Waals surface area contributed by atoms with Gasteiger partial charge in [0.1, 0.15) is 5.75 Å². The molecular weight excluding hydrogens is 321 g/mol. The summed E-state index contributed by atoms with van der Waals surface area (Å²) in [6.07, 6.45) is -3.49. The maximum absolute atomic E-state index is 13.1. The molecule has 1 aliphatic rings. The molecule has 0 heterocycles. The minimum absolute atomic E-state index is 0.155. The van der Waals surface area contributed by atoms with Gasteiger partial charge in [-0.1, -0.05) is 25.8 Å². The number of aromatic hydroxyl groups is 1. The molecule has 0 radical (unpaired) electrons. The van der Waals surface area contributed by atoms with Gasteiger partial charge in [0.05, 0.1) is 5.92 Å². The molecule has 0 aliphatic heterocycles. The number of hydrogen-bond acceptors (Lipinski definition) is 3. The molecule has 0 saturated heterocycles. The molecule has 0 bridgehead atoms. The summed E-state index contributed by atoms with van der Waals surface area (Å²) in [6.45, 7) is 1.91. The number of alkyl halides is 3. The third-order valence-corrected chi connectivity index (χ3v) is 4.44. The number of phenolic OH excluding ortho intramolecular Hbond substituents is 1. The van der Waals surface area contributed by atoms with Crippen LogP contribution in [0.15, 0.2) is 18.2 Å². The summed E-state index contributed by atoms with van der Waals surface area (Å²) in [5.41, 5.74) is 1.82. The van der Waals surface area contributed by atoms with E-state index in [1.807, 2.05) is 6.92 Å². The third kappa shape index (κ3) is 4.89. The van der Waals surface area contributed by atoms with Crippen molar-refractivity contribution in [1.29, 1.82) is 0 Å². The Kier molecular flexibility index (Phi) is 6.13. The Labute approximate surface area is 139 Å². The van der Waals surface area contributed by atoms with E-state index in [9.17, 15) is 23.1 Å². The highest BCUT2D eigenvalue weighted by molar-refractivity contribution is 5.73. The van der Waals surface area contributed by atoms with Crippen molar-refractivity contribution < 1.29 is 27.8 Å². The fraction of sp³-hybridized carbons (Fsp3) is 0.611. The Hall–Kier alpha value is -1.72. The van der Waals surface area contributed by atoms with Gasteiger partial charge in [-0.15, -0.1) is 0 Å². The second kappa shape index (κ2) is 7.90. The predicted octanol–water partition coefficient (Wildman–Crippen LogP) is 4.55. The van der Waals surface area contributed by atoms with Crippen molar-refractivity contribution in [1.82, 2.24) is 0 Å². The van der Waals surface area contributed by atoms with E-state index in [-0.39, 0.29) is 12.2 Å². The minimum Gasteiger partial charge on any atom is -0.508 e. The Morgan fingerprint density at radius 2 is 2.08 bits per heavy atom. The van der Waals surface area contributed by atoms with Crippen LogP contribution in [0.3, 0.4) is 0 Å². The van der Waals surface area contributed by atoms with Gasteiger partial charge < -0.3 is 9.84 Å². The number of unbranched alkanes of at least 4 members (excludes halogenated alkanes) is 2. The second-order valence-corrected chi connectivity index (χ2v) is 6.36. The first-order chi connectivity index (χ1) is 11.3. The standard InChI is InChI=1S/C18H23F3O3/c1-2-3-4-5-16(18(19,20)21)24-17(23)14-7-6-13-11-15(22)9-8-12(13)10-14/h8-9,11,14,16,22H,2-7,10H2,1H3/t14?,16-/m1/s1. The zero-order valence-electron chi connectivity index (χ0n) is 13.7. The van der Waals surface area contributed by atoms with Crippen LogP contribution in [0.2, 0.25) is 0 Å². The lowest BCUT2D eigenvalue weighted by molar-refractivity contribution is -0.225. The lowest BCUT2D eigenvalue weighted by Gasteiger charge is -2.27. The highest BCUT2D eigenvalue weighted by atomic mass is 19.4. The van der Waals surface area contributed by atoms with Crippen LogP contribution < -0.4 is 0 Å². The van der Waals surface area contributed by atoms with Crippen molar-refractivity contribution >= 4 is 5.97 Å². The maximum atomic E-state index is 13.1. The van der Waals surface area contributed by atoms with E-state index in [1.54, 1.807) is 12.1 Å². The van der Waals surface area contributed by atoms with E-state index in [4.69, 9.17) is 4.74 Å².